The normalized spacial score (nSPS) is 12.2. The van der Waals surface area contributed by atoms with Crippen LogP contribution in [0.3, 0.4) is 0 Å². The molecule has 3 nitrogen and oxygen atoms in total. The van der Waals surface area contributed by atoms with E-state index in [9.17, 15) is 9.90 Å². The van der Waals surface area contributed by atoms with Crippen LogP contribution in [0.4, 0.5) is 0 Å². The lowest BCUT2D eigenvalue weighted by atomic mass is 9.80. The summed E-state index contributed by atoms with van der Waals surface area (Å²) in [5.41, 5.74) is 2.00. The van der Waals surface area contributed by atoms with Gasteiger partial charge in [0.05, 0.1) is 0 Å². The average molecular weight is 410 g/mol. The summed E-state index contributed by atoms with van der Waals surface area (Å²) in [5.74, 6) is 0.0552. The van der Waals surface area contributed by atoms with E-state index in [0.717, 1.165) is 25.7 Å². The number of phenolic OH excluding ortho intramolecular Hbond substituents is 1. The van der Waals surface area contributed by atoms with E-state index in [1.165, 1.54) is 37.0 Å². The Labute approximate surface area is 183 Å². The highest BCUT2D eigenvalue weighted by atomic mass is 16.3. The van der Waals surface area contributed by atoms with Crippen molar-refractivity contribution < 1.29 is 9.90 Å². The van der Waals surface area contributed by atoms with E-state index in [2.05, 4.69) is 63.0 Å². The summed E-state index contributed by atoms with van der Waals surface area (Å²) in [6.45, 7) is 11.1. The second-order valence-electron chi connectivity index (χ2n) is 7.84. The quantitative estimate of drug-likeness (QED) is 0.396. The predicted molar refractivity (Wildman–Crippen MR) is 128 cm³/mol. The zero-order chi connectivity index (χ0) is 22.2. The van der Waals surface area contributed by atoms with E-state index in [4.69, 9.17) is 0 Å². The van der Waals surface area contributed by atoms with E-state index in [1.54, 1.807) is 12.1 Å². The highest BCUT2D eigenvalue weighted by Crippen LogP contribution is 2.29. The fraction of sp³-hybridized carbons (Fsp3) is 0.444. The maximum Gasteiger partial charge on any atom is 0.251 e. The predicted octanol–water partition coefficient (Wildman–Crippen LogP) is 6.92. The van der Waals surface area contributed by atoms with Gasteiger partial charge in [-0.15, -0.1) is 6.58 Å². The van der Waals surface area contributed by atoms with Gasteiger partial charge >= 0.3 is 0 Å². The molecule has 0 heterocycles. The van der Waals surface area contributed by atoms with Crippen molar-refractivity contribution in [1.29, 1.82) is 0 Å². The minimum Gasteiger partial charge on any atom is -0.508 e. The number of amides is 1. The summed E-state index contributed by atoms with van der Waals surface area (Å²) in [6.07, 6.45) is 10.1. The molecule has 0 saturated carbocycles. The van der Waals surface area contributed by atoms with Gasteiger partial charge in [-0.25, -0.2) is 0 Å². The van der Waals surface area contributed by atoms with Crippen LogP contribution >= 0.6 is 0 Å². The van der Waals surface area contributed by atoms with Crippen molar-refractivity contribution in [2.45, 2.75) is 65.7 Å². The molecular formula is C27H39NO2. The first-order valence-electron chi connectivity index (χ1n) is 11.2. The molecule has 0 spiro atoms. The van der Waals surface area contributed by atoms with Crippen molar-refractivity contribution in [3.8, 4) is 5.75 Å². The number of nitrogens with one attached hydrogen (secondary N) is 1. The first-order valence-corrected chi connectivity index (χ1v) is 11.2. The minimum atomic E-state index is -0.110. The number of phenols is 1. The maximum atomic E-state index is 12.1. The Morgan fingerprint density at radius 3 is 2.17 bits per heavy atom. The molecule has 30 heavy (non-hydrogen) atoms. The van der Waals surface area contributed by atoms with Gasteiger partial charge in [0.15, 0.2) is 0 Å². The van der Waals surface area contributed by atoms with Crippen LogP contribution in [0, 0.1) is 5.41 Å². The van der Waals surface area contributed by atoms with Crippen molar-refractivity contribution in [1.82, 2.24) is 5.32 Å². The molecule has 3 heteroatoms. The zero-order valence-corrected chi connectivity index (χ0v) is 19.0. The molecule has 2 rings (SSSR count). The standard InChI is InChI=1S/C17H25NO2.C10H14/c1-4-7-12-17(5-2,6-3)13-18-16(20)14-8-10-15(19)11-9-14;1-2-3-7-10-8-5-4-6-9-10/h5,8-11,19H,2,4,6-7,12-13H2,1,3H3,(H,18,20);4-6,8-9H,2-3,7H2,1H3. The van der Waals surface area contributed by atoms with Gasteiger partial charge in [0.1, 0.15) is 5.75 Å². The summed E-state index contributed by atoms with van der Waals surface area (Å²) in [7, 11) is 0. The van der Waals surface area contributed by atoms with Crippen LogP contribution in [0.5, 0.6) is 5.75 Å². The van der Waals surface area contributed by atoms with Crippen LogP contribution in [-0.2, 0) is 6.42 Å². The minimum absolute atomic E-state index is 0.0252. The van der Waals surface area contributed by atoms with Gasteiger partial charge in [-0.1, -0.05) is 76.4 Å². The van der Waals surface area contributed by atoms with Crippen molar-refractivity contribution in [3.63, 3.8) is 0 Å². The number of hydrogen-bond acceptors (Lipinski definition) is 2. The van der Waals surface area contributed by atoms with E-state index in [-0.39, 0.29) is 17.1 Å². The number of rotatable bonds is 11. The molecule has 2 N–H and O–H groups in total. The molecule has 0 aliphatic rings. The zero-order valence-electron chi connectivity index (χ0n) is 19.0. The van der Waals surface area contributed by atoms with Gasteiger partial charge < -0.3 is 10.4 Å². The molecule has 2 aromatic carbocycles. The van der Waals surface area contributed by atoms with Crippen LogP contribution < -0.4 is 5.32 Å². The van der Waals surface area contributed by atoms with Crippen molar-refractivity contribution in [2.75, 3.05) is 6.54 Å². The van der Waals surface area contributed by atoms with Crippen LogP contribution in [0.1, 0.15) is 75.2 Å². The Kier molecular flexibility index (Phi) is 12.3. The van der Waals surface area contributed by atoms with Crippen molar-refractivity contribution >= 4 is 5.91 Å². The molecule has 1 unspecified atom stereocenters. The fourth-order valence-electron chi connectivity index (χ4n) is 3.23. The molecule has 1 atom stereocenters. The Balaban J connectivity index is 0.000000375. The van der Waals surface area contributed by atoms with Crippen molar-refractivity contribution in [3.05, 3.63) is 78.4 Å². The largest absolute Gasteiger partial charge is 0.508 e. The van der Waals surface area contributed by atoms with Gasteiger partial charge in [-0.2, -0.15) is 0 Å². The van der Waals surface area contributed by atoms with Crippen molar-refractivity contribution in [2.24, 2.45) is 5.41 Å². The fourth-order valence-corrected chi connectivity index (χ4v) is 3.23. The van der Waals surface area contributed by atoms with Gasteiger partial charge in [-0.3, -0.25) is 4.79 Å². The molecule has 0 saturated heterocycles. The van der Waals surface area contributed by atoms with E-state index >= 15 is 0 Å². The smallest absolute Gasteiger partial charge is 0.251 e. The first-order chi connectivity index (χ1) is 14.5. The Bertz CT molecular complexity index is 724. The Morgan fingerprint density at radius 2 is 1.63 bits per heavy atom. The van der Waals surface area contributed by atoms with Gasteiger partial charge in [-0.05, 0) is 55.5 Å². The van der Waals surface area contributed by atoms with E-state index in [0.29, 0.717) is 12.1 Å². The van der Waals surface area contributed by atoms with E-state index < -0.39 is 0 Å². The summed E-state index contributed by atoms with van der Waals surface area (Å²) in [6, 6.07) is 16.9. The highest BCUT2D eigenvalue weighted by Gasteiger charge is 2.24. The number of carbonyl (C=O) groups is 1. The molecule has 164 valence electrons. The summed E-state index contributed by atoms with van der Waals surface area (Å²) in [5, 5.41) is 12.2. The highest BCUT2D eigenvalue weighted by molar-refractivity contribution is 5.94. The molecule has 2 aromatic rings. The van der Waals surface area contributed by atoms with Gasteiger partial charge in [0, 0.05) is 17.5 Å². The average Bonchev–Trinajstić information content (AvgIpc) is 2.80. The monoisotopic (exact) mass is 409 g/mol. The lowest BCUT2D eigenvalue weighted by Gasteiger charge is -2.29. The molecule has 0 fully saturated rings. The maximum absolute atomic E-state index is 12.1. The van der Waals surface area contributed by atoms with Gasteiger partial charge in [0.2, 0.25) is 0 Å². The lowest BCUT2D eigenvalue weighted by molar-refractivity contribution is 0.0935. The Hall–Kier alpha value is -2.55. The number of benzene rings is 2. The first kappa shape index (κ1) is 25.5. The topological polar surface area (TPSA) is 49.3 Å². The lowest BCUT2D eigenvalue weighted by Crippen LogP contribution is -2.36. The molecule has 0 aliphatic heterocycles. The van der Waals surface area contributed by atoms with Gasteiger partial charge in [0.25, 0.3) is 5.91 Å². The van der Waals surface area contributed by atoms with Crippen LogP contribution in [0.25, 0.3) is 0 Å². The summed E-state index contributed by atoms with van der Waals surface area (Å²) in [4.78, 5) is 12.1. The number of hydrogen-bond donors (Lipinski definition) is 2. The molecule has 0 radical (unpaired) electrons. The second kappa shape index (κ2) is 14.4. The second-order valence-corrected chi connectivity index (χ2v) is 7.84. The van der Waals surface area contributed by atoms with Crippen LogP contribution in [-0.4, -0.2) is 17.6 Å². The summed E-state index contributed by atoms with van der Waals surface area (Å²) >= 11 is 0. The number of aryl methyl sites for hydroxylation is 1. The third-order valence-electron chi connectivity index (χ3n) is 5.56. The third-order valence-corrected chi connectivity index (χ3v) is 5.56. The number of aromatic hydroxyl groups is 1. The molecule has 0 aromatic heterocycles. The third kappa shape index (κ3) is 9.30. The summed E-state index contributed by atoms with van der Waals surface area (Å²) < 4.78 is 0. The number of carbonyl (C=O) groups excluding carboxylic acids is 1. The van der Waals surface area contributed by atoms with Crippen LogP contribution in [0.2, 0.25) is 0 Å². The molecule has 1 amide bonds. The molecule has 0 aliphatic carbocycles. The van der Waals surface area contributed by atoms with Crippen LogP contribution in [0.15, 0.2) is 67.3 Å². The SMILES string of the molecule is C=CC(CC)(CCCC)CNC(=O)c1ccc(O)cc1.CCCCc1ccccc1. The van der Waals surface area contributed by atoms with E-state index in [1.807, 2.05) is 6.08 Å². The molecule has 0 bridgehead atoms. The Morgan fingerprint density at radius 1 is 1.00 bits per heavy atom. The molecular weight excluding hydrogens is 370 g/mol. The number of unbranched alkanes of at least 4 members (excludes halogenated alkanes) is 2.